The van der Waals surface area contributed by atoms with Gasteiger partial charge < -0.3 is 25.6 Å². The van der Waals surface area contributed by atoms with Crippen molar-refractivity contribution in [3.05, 3.63) is 30.0 Å². The summed E-state index contributed by atoms with van der Waals surface area (Å²) in [6.07, 6.45) is 2.40. The van der Waals surface area contributed by atoms with Crippen molar-refractivity contribution in [3.8, 4) is 0 Å². The number of nitrogens with zero attached hydrogens (tertiary/aromatic N) is 1. The lowest BCUT2D eigenvalue weighted by molar-refractivity contribution is -0.149. The smallest absolute Gasteiger partial charge is 0.321 e. The molecule has 2 aromatic rings. The molecule has 0 spiro atoms. The Kier molecular flexibility index (Phi) is 4.05. The second-order valence-electron chi connectivity index (χ2n) is 7.43. The normalized spacial score (nSPS) is 24.0. The van der Waals surface area contributed by atoms with E-state index in [2.05, 4.69) is 15.6 Å². The van der Waals surface area contributed by atoms with E-state index in [1.54, 1.807) is 36.2 Å². The molecule has 4 rings (SSSR count). The minimum atomic E-state index is -0.796. The number of H-pyrrole nitrogens is 1. The van der Waals surface area contributed by atoms with Gasteiger partial charge >= 0.3 is 12.0 Å². The number of amides is 3. The number of urea groups is 1. The van der Waals surface area contributed by atoms with Crippen LogP contribution in [0.25, 0.3) is 10.9 Å². The zero-order valence-electron chi connectivity index (χ0n) is 15.0. The zero-order chi connectivity index (χ0) is 19.2. The fraction of sp³-hybridized carbons (Fsp3) is 0.421. The summed E-state index contributed by atoms with van der Waals surface area (Å²) < 4.78 is 0. The van der Waals surface area contributed by atoms with E-state index in [1.165, 1.54) is 0 Å². The number of benzene rings is 1. The predicted octanol–water partition coefficient (Wildman–Crippen LogP) is 2.25. The molecule has 4 N–H and O–H groups in total. The van der Waals surface area contributed by atoms with Gasteiger partial charge in [-0.05, 0) is 43.0 Å². The van der Waals surface area contributed by atoms with Crippen LogP contribution in [0.1, 0.15) is 29.8 Å². The Morgan fingerprint density at radius 2 is 2.11 bits per heavy atom. The van der Waals surface area contributed by atoms with Crippen molar-refractivity contribution in [1.29, 1.82) is 0 Å². The van der Waals surface area contributed by atoms with E-state index in [9.17, 15) is 19.5 Å². The molecule has 1 saturated carbocycles. The zero-order valence-corrected chi connectivity index (χ0v) is 15.0. The van der Waals surface area contributed by atoms with Gasteiger partial charge in [0.1, 0.15) is 5.69 Å². The van der Waals surface area contributed by atoms with Crippen LogP contribution in [0.5, 0.6) is 0 Å². The number of rotatable bonds is 3. The Labute approximate surface area is 155 Å². The molecule has 2 heterocycles. The Bertz CT molecular complexity index is 937. The van der Waals surface area contributed by atoms with Gasteiger partial charge in [-0.3, -0.25) is 9.59 Å². The quantitative estimate of drug-likeness (QED) is 0.663. The van der Waals surface area contributed by atoms with Gasteiger partial charge in [-0.15, -0.1) is 0 Å². The first-order valence-electron chi connectivity index (χ1n) is 9.07. The number of nitrogens with one attached hydrogen (secondary N) is 3. The summed E-state index contributed by atoms with van der Waals surface area (Å²) in [6, 6.07) is 6.79. The summed E-state index contributed by atoms with van der Waals surface area (Å²) in [5.41, 5.74) is 1.07. The first-order valence-corrected chi connectivity index (χ1v) is 9.07. The fourth-order valence-corrected chi connectivity index (χ4v) is 4.46. The summed E-state index contributed by atoms with van der Waals surface area (Å²) in [5, 5.41) is 15.9. The van der Waals surface area contributed by atoms with E-state index < -0.39 is 11.4 Å². The van der Waals surface area contributed by atoms with Crippen LogP contribution >= 0.6 is 0 Å². The third-order valence-corrected chi connectivity index (χ3v) is 5.93. The summed E-state index contributed by atoms with van der Waals surface area (Å²) >= 11 is 0. The number of aromatic amines is 1. The molecule has 0 unspecified atom stereocenters. The molecule has 2 aliphatic rings. The molecule has 142 valence electrons. The fourth-order valence-electron chi connectivity index (χ4n) is 4.46. The molecule has 1 aliphatic heterocycles. The van der Waals surface area contributed by atoms with Crippen LogP contribution in [0.4, 0.5) is 10.5 Å². The van der Waals surface area contributed by atoms with Gasteiger partial charge in [0.25, 0.3) is 5.91 Å². The highest BCUT2D eigenvalue weighted by atomic mass is 16.4. The largest absolute Gasteiger partial charge is 0.481 e. The lowest BCUT2D eigenvalue weighted by atomic mass is 9.81. The van der Waals surface area contributed by atoms with Gasteiger partial charge in [0.15, 0.2) is 0 Å². The Morgan fingerprint density at radius 3 is 2.81 bits per heavy atom. The number of carbonyl (C=O) groups is 3. The van der Waals surface area contributed by atoms with Crippen LogP contribution in [0.15, 0.2) is 24.3 Å². The van der Waals surface area contributed by atoms with Crippen molar-refractivity contribution < 1.29 is 19.5 Å². The van der Waals surface area contributed by atoms with Gasteiger partial charge in [-0.25, -0.2) is 4.79 Å². The van der Waals surface area contributed by atoms with Crippen LogP contribution in [0, 0.1) is 11.3 Å². The maximum absolute atomic E-state index is 12.7. The first-order chi connectivity index (χ1) is 12.9. The number of carboxylic acid groups (broad SMARTS) is 1. The molecular weight excluding hydrogens is 348 g/mol. The molecule has 0 bridgehead atoms. The average Bonchev–Trinajstić information content (AvgIpc) is 3.32. The third-order valence-electron chi connectivity index (χ3n) is 5.93. The predicted molar refractivity (Wildman–Crippen MR) is 99.7 cm³/mol. The summed E-state index contributed by atoms with van der Waals surface area (Å²) in [4.78, 5) is 40.8. The maximum atomic E-state index is 12.7. The van der Waals surface area contributed by atoms with E-state index in [0.717, 1.165) is 23.7 Å². The number of anilines is 1. The molecule has 1 aromatic carbocycles. The number of carboxylic acids is 1. The Hall–Kier alpha value is -3.03. The van der Waals surface area contributed by atoms with Crippen molar-refractivity contribution in [3.63, 3.8) is 0 Å². The highest BCUT2D eigenvalue weighted by molar-refractivity contribution is 5.99. The number of hydrogen-bond donors (Lipinski definition) is 4. The van der Waals surface area contributed by atoms with Crippen molar-refractivity contribution in [1.82, 2.24) is 15.2 Å². The molecule has 8 nitrogen and oxygen atoms in total. The van der Waals surface area contributed by atoms with Crippen molar-refractivity contribution in [2.45, 2.75) is 19.3 Å². The van der Waals surface area contributed by atoms with Crippen LogP contribution in [0.2, 0.25) is 0 Å². The Morgan fingerprint density at radius 1 is 1.30 bits per heavy atom. The molecule has 0 radical (unpaired) electrons. The van der Waals surface area contributed by atoms with E-state index in [-0.39, 0.29) is 24.4 Å². The second kappa shape index (κ2) is 6.29. The summed E-state index contributed by atoms with van der Waals surface area (Å²) in [5.74, 6) is -0.974. The van der Waals surface area contributed by atoms with Gasteiger partial charge in [0.2, 0.25) is 0 Å². The SMILES string of the molecule is CNC(=O)c1cc2cc(NC(=O)N3C[C@@H]4CCC[C@@]4(C(=O)O)C3)ccc2[nH]1. The van der Waals surface area contributed by atoms with Gasteiger partial charge in [-0.1, -0.05) is 6.42 Å². The molecule has 1 aliphatic carbocycles. The third kappa shape index (κ3) is 2.81. The number of likely N-dealkylation sites (tertiary alicyclic amines) is 1. The van der Waals surface area contributed by atoms with Gasteiger partial charge in [0, 0.05) is 36.7 Å². The number of fused-ring (bicyclic) bond motifs is 2. The standard InChI is InChI=1S/C19H22N4O4/c1-20-16(24)15-8-11-7-13(4-5-14(11)22-15)21-18(27)23-9-12-3-2-6-19(12,10-23)17(25)26/h4-5,7-8,12,22H,2-3,6,9-10H2,1H3,(H,20,24)(H,21,27)(H,25,26)/t12-,19+/m0/s1. The summed E-state index contributed by atoms with van der Waals surface area (Å²) in [7, 11) is 1.56. The number of aliphatic carboxylic acids is 1. The van der Waals surface area contributed by atoms with Crippen LogP contribution in [0.3, 0.4) is 0 Å². The van der Waals surface area contributed by atoms with E-state index >= 15 is 0 Å². The molecule has 3 amide bonds. The average molecular weight is 370 g/mol. The van der Waals surface area contributed by atoms with Crippen molar-refractivity contribution in [2.75, 3.05) is 25.5 Å². The molecule has 1 saturated heterocycles. The van der Waals surface area contributed by atoms with Crippen molar-refractivity contribution in [2.24, 2.45) is 11.3 Å². The van der Waals surface area contributed by atoms with E-state index in [4.69, 9.17) is 0 Å². The van der Waals surface area contributed by atoms with Crippen LogP contribution in [-0.2, 0) is 4.79 Å². The minimum absolute atomic E-state index is 0.0306. The van der Waals surface area contributed by atoms with Crippen LogP contribution < -0.4 is 10.6 Å². The van der Waals surface area contributed by atoms with Crippen molar-refractivity contribution >= 4 is 34.5 Å². The Balaban J connectivity index is 1.50. The lowest BCUT2D eigenvalue weighted by Gasteiger charge is -2.23. The van der Waals surface area contributed by atoms with E-state index in [1.807, 2.05) is 0 Å². The number of aromatic nitrogens is 1. The number of hydrogen-bond acceptors (Lipinski definition) is 3. The first kappa shape index (κ1) is 17.4. The van der Waals surface area contributed by atoms with E-state index in [0.29, 0.717) is 24.3 Å². The number of carbonyl (C=O) groups excluding carboxylic acids is 2. The summed E-state index contributed by atoms with van der Waals surface area (Å²) in [6.45, 7) is 0.734. The maximum Gasteiger partial charge on any atom is 0.321 e. The molecular formula is C19H22N4O4. The molecule has 1 aromatic heterocycles. The molecule has 27 heavy (non-hydrogen) atoms. The van der Waals surface area contributed by atoms with Gasteiger partial charge in [-0.2, -0.15) is 0 Å². The molecule has 2 fully saturated rings. The molecule has 8 heteroatoms. The highest BCUT2D eigenvalue weighted by Crippen LogP contribution is 2.48. The second-order valence-corrected chi connectivity index (χ2v) is 7.43. The lowest BCUT2D eigenvalue weighted by Crippen LogP contribution is -2.38. The monoisotopic (exact) mass is 370 g/mol. The molecule has 2 atom stereocenters. The van der Waals surface area contributed by atoms with Gasteiger partial charge in [0.05, 0.1) is 5.41 Å². The topological polar surface area (TPSA) is 115 Å². The highest BCUT2D eigenvalue weighted by Gasteiger charge is 2.55. The van der Waals surface area contributed by atoms with Crippen LogP contribution in [-0.4, -0.2) is 53.0 Å². The minimum Gasteiger partial charge on any atom is -0.481 e.